The third kappa shape index (κ3) is 2.69. The second kappa shape index (κ2) is 5.56. The molecule has 2 aromatic rings. The van der Waals surface area contributed by atoms with E-state index >= 15 is 0 Å². The lowest BCUT2D eigenvalue weighted by molar-refractivity contribution is -0.384. The number of non-ortho nitro benzene ring substituents is 1. The largest absolute Gasteiger partial charge is 0.489 e. The quantitative estimate of drug-likeness (QED) is 0.477. The van der Waals surface area contributed by atoms with Crippen molar-refractivity contribution in [3.8, 4) is 11.4 Å². The molecule has 6 nitrogen and oxygen atoms in total. The number of rotatable bonds is 5. The number of nitro groups is 1. The van der Waals surface area contributed by atoms with Crippen LogP contribution in [0.5, 0.6) is 5.75 Å². The van der Waals surface area contributed by atoms with Crippen LogP contribution in [0.4, 0.5) is 5.69 Å². The molecule has 20 heavy (non-hydrogen) atoms. The van der Waals surface area contributed by atoms with Crippen molar-refractivity contribution in [2.45, 2.75) is 20.0 Å². The molecule has 0 unspecified atom stereocenters. The van der Waals surface area contributed by atoms with Crippen molar-refractivity contribution in [1.29, 1.82) is 0 Å². The maximum absolute atomic E-state index is 11.0. The fourth-order valence-electron chi connectivity index (χ4n) is 1.87. The minimum Gasteiger partial charge on any atom is -0.489 e. The Hall–Kier alpha value is -2.63. The third-order valence-corrected chi connectivity index (χ3v) is 2.68. The van der Waals surface area contributed by atoms with Gasteiger partial charge in [0.2, 0.25) is 0 Å². The number of ether oxygens (including phenoxy) is 1. The summed E-state index contributed by atoms with van der Waals surface area (Å²) in [6, 6.07) is 7.64. The van der Waals surface area contributed by atoms with Crippen LogP contribution in [-0.2, 0) is 0 Å². The van der Waals surface area contributed by atoms with Crippen LogP contribution in [0.2, 0.25) is 0 Å². The van der Waals surface area contributed by atoms with Crippen LogP contribution in [0.15, 0.2) is 36.5 Å². The molecule has 0 atom stereocenters. The molecule has 0 saturated carbocycles. The van der Waals surface area contributed by atoms with Gasteiger partial charge in [-0.3, -0.25) is 14.9 Å². The third-order valence-electron chi connectivity index (χ3n) is 2.68. The molecule has 0 aliphatic rings. The van der Waals surface area contributed by atoms with Gasteiger partial charge in [-0.25, -0.2) is 0 Å². The smallest absolute Gasteiger partial charge is 0.271 e. The second-order valence-corrected chi connectivity index (χ2v) is 4.50. The van der Waals surface area contributed by atoms with Crippen LogP contribution < -0.4 is 4.74 Å². The Morgan fingerprint density at radius 1 is 1.35 bits per heavy atom. The first-order valence-corrected chi connectivity index (χ1v) is 6.11. The summed E-state index contributed by atoms with van der Waals surface area (Å²) in [7, 11) is 0. The summed E-state index contributed by atoms with van der Waals surface area (Å²) in [6.45, 7) is 3.73. The number of benzene rings is 1. The first-order chi connectivity index (χ1) is 9.52. The lowest BCUT2D eigenvalue weighted by atomic mass is 10.2. The molecule has 0 radical (unpaired) electrons. The van der Waals surface area contributed by atoms with Gasteiger partial charge >= 0.3 is 0 Å². The fourth-order valence-corrected chi connectivity index (χ4v) is 1.87. The normalized spacial score (nSPS) is 10.6. The molecule has 0 fully saturated rings. The highest BCUT2D eigenvalue weighted by molar-refractivity contribution is 5.74. The highest BCUT2D eigenvalue weighted by Gasteiger charge is 2.15. The molecule has 0 aliphatic heterocycles. The average molecular weight is 274 g/mol. The summed E-state index contributed by atoms with van der Waals surface area (Å²) < 4.78 is 7.21. The summed E-state index contributed by atoms with van der Waals surface area (Å²) in [4.78, 5) is 21.4. The molecule has 0 spiro atoms. The molecule has 0 aliphatic carbocycles. The van der Waals surface area contributed by atoms with Crippen molar-refractivity contribution in [2.24, 2.45) is 0 Å². The van der Waals surface area contributed by atoms with Gasteiger partial charge in [-0.15, -0.1) is 0 Å². The van der Waals surface area contributed by atoms with Crippen LogP contribution >= 0.6 is 0 Å². The predicted octanol–water partition coefficient (Wildman–Crippen LogP) is 2.99. The molecule has 0 amide bonds. The Kier molecular flexibility index (Phi) is 3.84. The molecule has 1 aromatic heterocycles. The van der Waals surface area contributed by atoms with E-state index in [4.69, 9.17) is 4.74 Å². The fraction of sp³-hybridized carbons (Fsp3) is 0.214. The van der Waals surface area contributed by atoms with Crippen LogP contribution in [0.3, 0.4) is 0 Å². The predicted molar refractivity (Wildman–Crippen MR) is 73.6 cm³/mol. The molecule has 0 saturated heterocycles. The SMILES string of the molecule is CC(C)Oc1ccc([N+](=O)[O-])cc1-n1cccc1C=O. The lowest BCUT2D eigenvalue weighted by Gasteiger charge is -2.15. The monoisotopic (exact) mass is 274 g/mol. The molecule has 2 rings (SSSR count). The van der Waals surface area contributed by atoms with Gasteiger partial charge in [-0.2, -0.15) is 0 Å². The van der Waals surface area contributed by atoms with E-state index in [1.54, 1.807) is 29.0 Å². The highest BCUT2D eigenvalue weighted by Crippen LogP contribution is 2.29. The molecular weight excluding hydrogens is 260 g/mol. The first-order valence-electron chi connectivity index (χ1n) is 6.11. The molecule has 0 N–H and O–H groups in total. The van der Waals surface area contributed by atoms with Crippen molar-refractivity contribution in [3.05, 3.63) is 52.3 Å². The summed E-state index contributed by atoms with van der Waals surface area (Å²) in [5, 5.41) is 10.9. The van der Waals surface area contributed by atoms with Crippen molar-refractivity contribution in [1.82, 2.24) is 4.57 Å². The average Bonchev–Trinajstić information content (AvgIpc) is 2.86. The first kappa shape index (κ1) is 13.8. The van der Waals surface area contributed by atoms with E-state index in [9.17, 15) is 14.9 Å². The number of aldehydes is 1. The van der Waals surface area contributed by atoms with Gasteiger partial charge in [-0.1, -0.05) is 0 Å². The lowest BCUT2D eigenvalue weighted by Crippen LogP contribution is -2.09. The van der Waals surface area contributed by atoms with Gasteiger partial charge in [-0.05, 0) is 32.0 Å². The topological polar surface area (TPSA) is 74.4 Å². The van der Waals surface area contributed by atoms with Gasteiger partial charge < -0.3 is 9.30 Å². The Balaban J connectivity index is 2.60. The number of carbonyl (C=O) groups excluding carboxylic acids is 1. The molecule has 6 heteroatoms. The number of nitro benzene ring substituents is 1. The summed E-state index contributed by atoms with van der Waals surface area (Å²) >= 11 is 0. The number of nitrogens with zero attached hydrogens (tertiary/aromatic N) is 2. The molecular formula is C14H14N2O4. The number of carbonyl (C=O) groups is 1. The van der Waals surface area contributed by atoms with E-state index in [0.29, 0.717) is 23.4 Å². The van der Waals surface area contributed by atoms with Gasteiger partial charge in [0.1, 0.15) is 5.75 Å². The highest BCUT2D eigenvalue weighted by atomic mass is 16.6. The van der Waals surface area contributed by atoms with Crippen molar-refractivity contribution >= 4 is 12.0 Å². The van der Waals surface area contributed by atoms with Gasteiger partial charge in [0, 0.05) is 18.3 Å². The Labute approximate surface area is 115 Å². The Morgan fingerprint density at radius 2 is 2.10 bits per heavy atom. The zero-order valence-corrected chi connectivity index (χ0v) is 11.1. The maximum atomic E-state index is 11.0. The molecule has 1 heterocycles. The van der Waals surface area contributed by atoms with E-state index in [-0.39, 0.29) is 11.8 Å². The van der Waals surface area contributed by atoms with Crippen LogP contribution in [0.1, 0.15) is 24.3 Å². The van der Waals surface area contributed by atoms with E-state index < -0.39 is 4.92 Å². The number of aromatic nitrogens is 1. The second-order valence-electron chi connectivity index (χ2n) is 4.50. The van der Waals surface area contributed by atoms with Crippen LogP contribution in [0, 0.1) is 10.1 Å². The summed E-state index contributed by atoms with van der Waals surface area (Å²) in [5.74, 6) is 0.491. The van der Waals surface area contributed by atoms with Gasteiger partial charge in [0.15, 0.2) is 6.29 Å². The minimum atomic E-state index is -0.479. The van der Waals surface area contributed by atoms with Crippen LogP contribution in [-0.4, -0.2) is 21.9 Å². The Bertz CT molecular complexity index is 646. The maximum Gasteiger partial charge on any atom is 0.271 e. The zero-order valence-electron chi connectivity index (χ0n) is 11.1. The number of hydrogen-bond donors (Lipinski definition) is 0. The van der Waals surface area contributed by atoms with E-state index in [2.05, 4.69) is 0 Å². The standard InChI is InChI=1S/C14H14N2O4/c1-10(2)20-14-6-5-11(16(18)19)8-13(14)15-7-3-4-12(15)9-17/h3-10H,1-2H3. The van der Waals surface area contributed by atoms with Crippen molar-refractivity contribution < 1.29 is 14.5 Å². The zero-order chi connectivity index (χ0) is 14.7. The van der Waals surface area contributed by atoms with Crippen molar-refractivity contribution in [3.63, 3.8) is 0 Å². The molecule has 0 bridgehead atoms. The molecule has 104 valence electrons. The minimum absolute atomic E-state index is 0.0540. The van der Waals surface area contributed by atoms with Gasteiger partial charge in [0.25, 0.3) is 5.69 Å². The Morgan fingerprint density at radius 3 is 2.70 bits per heavy atom. The molecule has 1 aromatic carbocycles. The van der Waals surface area contributed by atoms with Crippen molar-refractivity contribution in [2.75, 3.05) is 0 Å². The summed E-state index contributed by atoms with van der Waals surface area (Å²) in [6.07, 6.45) is 2.28. The van der Waals surface area contributed by atoms with Crippen LogP contribution in [0.25, 0.3) is 5.69 Å². The van der Waals surface area contributed by atoms with E-state index in [1.807, 2.05) is 13.8 Å². The van der Waals surface area contributed by atoms with E-state index in [1.165, 1.54) is 12.1 Å². The van der Waals surface area contributed by atoms with E-state index in [0.717, 1.165) is 0 Å². The number of hydrogen-bond acceptors (Lipinski definition) is 4. The van der Waals surface area contributed by atoms with Gasteiger partial charge in [0.05, 0.1) is 22.4 Å². The summed E-state index contributed by atoms with van der Waals surface area (Å²) in [5.41, 5.74) is 0.820.